The highest BCUT2D eigenvalue weighted by atomic mass is 32.1. The number of amides is 2. The van der Waals surface area contributed by atoms with E-state index in [4.69, 9.17) is 0 Å². The molecule has 122 valence electrons. The molecule has 23 heavy (non-hydrogen) atoms. The maximum absolute atomic E-state index is 12.8. The van der Waals surface area contributed by atoms with Gasteiger partial charge in [0.1, 0.15) is 6.04 Å². The SMILES string of the molecule is CCc1cc(C(=O)N2CCC[C@@H]2C(=O)Nc2nccs2)sc1C. The van der Waals surface area contributed by atoms with Gasteiger partial charge in [-0.2, -0.15) is 0 Å². The van der Waals surface area contributed by atoms with Gasteiger partial charge in [-0.1, -0.05) is 6.92 Å². The minimum Gasteiger partial charge on any atom is -0.326 e. The molecule has 5 nitrogen and oxygen atoms in total. The number of hydrogen-bond acceptors (Lipinski definition) is 5. The lowest BCUT2D eigenvalue weighted by Crippen LogP contribution is -2.42. The Kier molecular flexibility index (Phi) is 4.77. The molecule has 2 amide bonds. The lowest BCUT2D eigenvalue weighted by atomic mass is 10.2. The molecule has 1 N–H and O–H groups in total. The van der Waals surface area contributed by atoms with Crippen molar-refractivity contribution in [3.63, 3.8) is 0 Å². The number of thiophene rings is 1. The van der Waals surface area contributed by atoms with Crippen molar-refractivity contribution < 1.29 is 9.59 Å². The molecule has 0 spiro atoms. The topological polar surface area (TPSA) is 62.3 Å². The fraction of sp³-hybridized carbons (Fsp3) is 0.438. The predicted octanol–water partition coefficient (Wildman–Crippen LogP) is 3.32. The second-order valence-corrected chi connectivity index (χ2v) is 7.68. The van der Waals surface area contributed by atoms with E-state index < -0.39 is 6.04 Å². The van der Waals surface area contributed by atoms with Gasteiger partial charge in [0.25, 0.3) is 5.91 Å². The number of aromatic nitrogens is 1. The summed E-state index contributed by atoms with van der Waals surface area (Å²) in [5.41, 5.74) is 1.21. The van der Waals surface area contributed by atoms with E-state index >= 15 is 0 Å². The van der Waals surface area contributed by atoms with Crippen LogP contribution in [-0.2, 0) is 11.2 Å². The molecule has 0 unspecified atom stereocenters. The molecule has 0 bridgehead atoms. The van der Waals surface area contributed by atoms with Crippen LogP contribution in [0.5, 0.6) is 0 Å². The fourth-order valence-electron chi connectivity index (χ4n) is 2.87. The van der Waals surface area contributed by atoms with Crippen molar-refractivity contribution in [2.75, 3.05) is 11.9 Å². The summed E-state index contributed by atoms with van der Waals surface area (Å²) < 4.78 is 0. The summed E-state index contributed by atoms with van der Waals surface area (Å²) in [6.07, 6.45) is 4.13. The van der Waals surface area contributed by atoms with Crippen LogP contribution in [0.2, 0.25) is 0 Å². The highest BCUT2D eigenvalue weighted by Gasteiger charge is 2.35. The van der Waals surface area contributed by atoms with E-state index in [1.165, 1.54) is 33.1 Å². The van der Waals surface area contributed by atoms with E-state index in [0.717, 1.165) is 17.7 Å². The number of carbonyl (C=O) groups is 2. The molecule has 0 saturated carbocycles. The highest BCUT2D eigenvalue weighted by Crippen LogP contribution is 2.27. The molecular weight excluding hydrogens is 330 g/mol. The summed E-state index contributed by atoms with van der Waals surface area (Å²) in [6.45, 7) is 4.76. The number of nitrogens with zero attached hydrogens (tertiary/aromatic N) is 2. The smallest absolute Gasteiger partial charge is 0.264 e. The number of hydrogen-bond donors (Lipinski definition) is 1. The van der Waals surface area contributed by atoms with Crippen LogP contribution in [0.4, 0.5) is 5.13 Å². The maximum Gasteiger partial charge on any atom is 0.264 e. The van der Waals surface area contributed by atoms with Crippen LogP contribution in [0.1, 0.15) is 39.9 Å². The Balaban J connectivity index is 1.75. The van der Waals surface area contributed by atoms with Crippen molar-refractivity contribution >= 4 is 39.6 Å². The van der Waals surface area contributed by atoms with Crippen LogP contribution >= 0.6 is 22.7 Å². The second kappa shape index (κ2) is 6.80. The molecule has 2 aromatic rings. The standard InChI is InChI=1S/C16H19N3O2S2/c1-3-11-9-13(23-10(11)2)15(21)19-7-4-5-12(19)14(20)18-16-17-6-8-22-16/h6,8-9,12H,3-5,7H2,1-2H3,(H,17,18,20)/t12-/m1/s1. The van der Waals surface area contributed by atoms with E-state index in [2.05, 4.69) is 17.2 Å². The molecule has 1 aliphatic heterocycles. The Bertz CT molecular complexity index is 709. The summed E-state index contributed by atoms with van der Waals surface area (Å²) in [5.74, 6) is -0.176. The Morgan fingerprint density at radius 3 is 2.96 bits per heavy atom. The number of anilines is 1. The third-order valence-corrected chi connectivity index (χ3v) is 5.86. The van der Waals surface area contributed by atoms with Crippen molar-refractivity contribution in [1.29, 1.82) is 0 Å². The zero-order valence-corrected chi connectivity index (χ0v) is 14.8. The van der Waals surface area contributed by atoms with E-state index in [1.807, 2.05) is 18.4 Å². The first-order chi connectivity index (χ1) is 11.1. The Labute approximate surface area is 143 Å². The minimum absolute atomic E-state index is 0.0328. The molecule has 1 atom stereocenters. The van der Waals surface area contributed by atoms with Crippen molar-refractivity contribution in [3.05, 3.63) is 33.0 Å². The van der Waals surface area contributed by atoms with E-state index in [0.29, 0.717) is 18.1 Å². The first-order valence-corrected chi connectivity index (χ1v) is 9.40. The van der Waals surface area contributed by atoms with Gasteiger partial charge < -0.3 is 10.2 Å². The highest BCUT2D eigenvalue weighted by molar-refractivity contribution is 7.14. The third-order valence-electron chi connectivity index (χ3n) is 4.09. The van der Waals surface area contributed by atoms with Gasteiger partial charge >= 0.3 is 0 Å². The predicted molar refractivity (Wildman–Crippen MR) is 93.2 cm³/mol. The van der Waals surface area contributed by atoms with E-state index in [1.54, 1.807) is 11.1 Å². The van der Waals surface area contributed by atoms with E-state index in [-0.39, 0.29) is 11.8 Å². The zero-order valence-electron chi connectivity index (χ0n) is 13.2. The molecule has 0 aromatic carbocycles. The number of thiazole rings is 1. The lowest BCUT2D eigenvalue weighted by Gasteiger charge is -2.22. The molecule has 1 fully saturated rings. The van der Waals surface area contributed by atoms with Gasteiger partial charge in [-0.15, -0.1) is 22.7 Å². The second-order valence-electron chi connectivity index (χ2n) is 5.53. The minimum atomic E-state index is -0.404. The molecular formula is C16H19N3O2S2. The molecule has 2 aromatic heterocycles. The van der Waals surface area contributed by atoms with E-state index in [9.17, 15) is 9.59 Å². The van der Waals surface area contributed by atoms with Gasteiger partial charge in [-0.25, -0.2) is 4.98 Å². The number of likely N-dealkylation sites (tertiary alicyclic amines) is 1. The van der Waals surface area contributed by atoms with Gasteiger partial charge in [-0.3, -0.25) is 9.59 Å². The molecule has 3 rings (SSSR count). The maximum atomic E-state index is 12.8. The van der Waals surface area contributed by atoms with Crippen molar-refractivity contribution in [2.24, 2.45) is 0 Å². The molecule has 0 aliphatic carbocycles. The lowest BCUT2D eigenvalue weighted by molar-refractivity contribution is -0.119. The molecule has 1 saturated heterocycles. The van der Waals surface area contributed by atoms with Gasteiger partial charge in [0.2, 0.25) is 5.91 Å². The van der Waals surface area contributed by atoms with Gasteiger partial charge in [-0.05, 0) is 37.8 Å². The number of rotatable bonds is 4. The number of aryl methyl sites for hydroxylation is 2. The van der Waals surface area contributed by atoms with Crippen LogP contribution in [0.15, 0.2) is 17.6 Å². The molecule has 3 heterocycles. The van der Waals surface area contributed by atoms with Gasteiger partial charge in [0.05, 0.1) is 4.88 Å². The Morgan fingerprint density at radius 2 is 2.30 bits per heavy atom. The largest absolute Gasteiger partial charge is 0.326 e. The van der Waals surface area contributed by atoms with Crippen molar-refractivity contribution in [2.45, 2.75) is 39.2 Å². The van der Waals surface area contributed by atoms with Crippen LogP contribution in [0.25, 0.3) is 0 Å². The molecule has 1 aliphatic rings. The van der Waals surface area contributed by atoms with Crippen molar-refractivity contribution in [3.8, 4) is 0 Å². The number of carbonyl (C=O) groups excluding carboxylic acids is 2. The monoisotopic (exact) mass is 349 g/mol. The summed E-state index contributed by atoms with van der Waals surface area (Å²) in [4.78, 5) is 32.9. The zero-order chi connectivity index (χ0) is 16.4. The first kappa shape index (κ1) is 16.1. The average molecular weight is 349 g/mol. The average Bonchev–Trinajstić information content (AvgIpc) is 3.26. The third kappa shape index (κ3) is 3.30. The Hall–Kier alpha value is -1.73. The fourth-order valence-corrected chi connectivity index (χ4v) is 4.48. The molecule has 0 radical (unpaired) electrons. The number of nitrogens with one attached hydrogen (secondary N) is 1. The summed E-state index contributed by atoms with van der Waals surface area (Å²) in [5, 5.41) is 5.20. The van der Waals surface area contributed by atoms with Crippen LogP contribution in [0.3, 0.4) is 0 Å². The first-order valence-electron chi connectivity index (χ1n) is 7.70. The van der Waals surface area contributed by atoms with Crippen LogP contribution in [0, 0.1) is 6.92 Å². The summed E-state index contributed by atoms with van der Waals surface area (Å²) in [7, 11) is 0. The molecule has 7 heteroatoms. The van der Waals surface area contributed by atoms with Crippen LogP contribution < -0.4 is 5.32 Å². The summed E-state index contributed by atoms with van der Waals surface area (Å²) in [6, 6.07) is 1.56. The van der Waals surface area contributed by atoms with Gasteiger partial charge in [0, 0.05) is 23.0 Å². The van der Waals surface area contributed by atoms with Gasteiger partial charge in [0.15, 0.2) is 5.13 Å². The Morgan fingerprint density at radius 1 is 1.48 bits per heavy atom. The van der Waals surface area contributed by atoms with Crippen molar-refractivity contribution in [1.82, 2.24) is 9.88 Å². The summed E-state index contributed by atoms with van der Waals surface area (Å²) >= 11 is 2.90. The quantitative estimate of drug-likeness (QED) is 0.921. The van der Waals surface area contributed by atoms with Crippen LogP contribution in [-0.4, -0.2) is 34.3 Å². The normalized spacial score (nSPS) is 17.5.